The molecule has 0 aromatic carbocycles. The average Bonchev–Trinajstić information content (AvgIpc) is 2.91. The van der Waals surface area contributed by atoms with Gasteiger partial charge >= 0.3 is 0 Å². The molecule has 0 aliphatic carbocycles. The number of hydrogen-bond acceptors (Lipinski definition) is 4. The maximum absolute atomic E-state index is 12.2. The summed E-state index contributed by atoms with van der Waals surface area (Å²) in [5.74, 6) is -0.465. The highest BCUT2D eigenvalue weighted by Crippen LogP contribution is 2.22. The molecule has 22 heavy (non-hydrogen) atoms. The Bertz CT molecular complexity index is 498. The van der Waals surface area contributed by atoms with Crippen LogP contribution in [0.15, 0.2) is 15.9 Å². The van der Waals surface area contributed by atoms with Gasteiger partial charge in [-0.1, -0.05) is 13.8 Å². The molecule has 0 radical (unpaired) electrons. The van der Waals surface area contributed by atoms with Crippen LogP contribution in [0.5, 0.6) is 0 Å². The van der Waals surface area contributed by atoms with Gasteiger partial charge in [0.15, 0.2) is 0 Å². The molecule has 126 valence electrons. The van der Waals surface area contributed by atoms with E-state index < -0.39 is 11.6 Å². The van der Waals surface area contributed by atoms with E-state index in [9.17, 15) is 9.59 Å². The van der Waals surface area contributed by atoms with Crippen LogP contribution in [0.25, 0.3) is 0 Å². The maximum Gasteiger partial charge on any atom is 0.262 e. The molecule has 1 atom stereocenters. The fourth-order valence-electron chi connectivity index (χ4n) is 1.91. The lowest BCUT2D eigenvalue weighted by atomic mass is 9.92. The molecule has 8 heteroatoms. The monoisotopic (exact) mass is 411 g/mol. The molecule has 1 unspecified atom stereocenters. The van der Waals surface area contributed by atoms with E-state index in [2.05, 4.69) is 26.6 Å². The van der Waals surface area contributed by atoms with E-state index >= 15 is 0 Å². The Morgan fingerprint density at radius 3 is 2.36 bits per heavy atom. The van der Waals surface area contributed by atoms with Crippen molar-refractivity contribution in [2.75, 3.05) is 6.54 Å². The molecule has 1 heterocycles. The van der Waals surface area contributed by atoms with Crippen LogP contribution in [0.1, 0.15) is 43.3 Å². The lowest BCUT2D eigenvalue weighted by molar-refractivity contribution is -0.124. The van der Waals surface area contributed by atoms with Crippen molar-refractivity contribution >= 4 is 51.5 Å². The highest BCUT2D eigenvalue weighted by molar-refractivity contribution is 9.11. The van der Waals surface area contributed by atoms with Crippen LogP contribution in [0.4, 0.5) is 0 Å². The number of carbonyl (C=O) groups excluding carboxylic acids is 2. The van der Waals surface area contributed by atoms with Crippen LogP contribution in [-0.4, -0.2) is 29.9 Å². The van der Waals surface area contributed by atoms with Gasteiger partial charge in [0.25, 0.3) is 5.91 Å². The normalized spacial score (nSPS) is 12.2. The Morgan fingerprint density at radius 2 is 1.95 bits per heavy atom. The second kappa shape index (κ2) is 9.50. The van der Waals surface area contributed by atoms with Gasteiger partial charge in [0.1, 0.15) is 6.04 Å². The number of hydrogen-bond donors (Lipinski definition) is 3. The molecule has 1 rings (SSSR count). The van der Waals surface area contributed by atoms with E-state index in [1.165, 1.54) is 11.3 Å². The molecule has 0 bridgehead atoms. The van der Waals surface area contributed by atoms with Crippen LogP contribution in [0.2, 0.25) is 0 Å². The molecular weight excluding hydrogens is 390 g/mol. The summed E-state index contributed by atoms with van der Waals surface area (Å²) in [5.41, 5.74) is 5.37. The summed E-state index contributed by atoms with van der Waals surface area (Å²) in [5, 5.41) is 5.66. The second-order valence-electron chi connectivity index (χ2n) is 4.98. The molecule has 0 aliphatic rings. The lowest BCUT2D eigenvalue weighted by Crippen LogP contribution is -2.57. The number of nitrogens with two attached hydrogens (primary N) is 1. The van der Waals surface area contributed by atoms with Crippen molar-refractivity contribution < 1.29 is 9.59 Å². The van der Waals surface area contributed by atoms with Gasteiger partial charge in [-0.05, 0) is 47.8 Å². The van der Waals surface area contributed by atoms with Gasteiger partial charge in [0.2, 0.25) is 5.91 Å². The van der Waals surface area contributed by atoms with Gasteiger partial charge < -0.3 is 16.4 Å². The van der Waals surface area contributed by atoms with Gasteiger partial charge in [-0.2, -0.15) is 0 Å². The van der Waals surface area contributed by atoms with Crippen molar-refractivity contribution in [3.05, 3.63) is 20.8 Å². The summed E-state index contributed by atoms with van der Waals surface area (Å²) in [6.07, 6.45) is 1.51. The zero-order chi connectivity index (χ0) is 16.0. The molecule has 0 spiro atoms. The summed E-state index contributed by atoms with van der Waals surface area (Å²) < 4.78 is 0.879. The fourth-order valence-corrected chi connectivity index (χ4v) is 3.19. The minimum atomic E-state index is -0.609. The summed E-state index contributed by atoms with van der Waals surface area (Å²) in [6.45, 7) is 6.03. The number of halogens is 2. The van der Waals surface area contributed by atoms with Crippen LogP contribution in [0.3, 0.4) is 0 Å². The Kier molecular flexibility index (Phi) is 9.22. The molecule has 0 saturated carbocycles. The Hall–Kier alpha value is -0.630. The molecule has 0 fully saturated rings. The topological polar surface area (TPSA) is 84.2 Å². The highest BCUT2D eigenvalue weighted by atomic mass is 79.9. The van der Waals surface area contributed by atoms with Crippen molar-refractivity contribution in [1.29, 1.82) is 0 Å². The van der Waals surface area contributed by atoms with E-state index in [1.54, 1.807) is 19.1 Å². The predicted molar refractivity (Wildman–Crippen MR) is 96.7 cm³/mol. The third kappa shape index (κ3) is 5.53. The quantitative estimate of drug-likeness (QED) is 0.644. The number of carbonyl (C=O) groups is 2. The summed E-state index contributed by atoms with van der Waals surface area (Å²) in [4.78, 5) is 24.8. The molecule has 5 nitrogen and oxygen atoms in total. The van der Waals surface area contributed by atoms with E-state index in [0.717, 1.165) is 16.6 Å². The minimum Gasteiger partial charge on any atom is -0.348 e. The Balaban J connectivity index is 0.00000441. The van der Waals surface area contributed by atoms with Crippen molar-refractivity contribution in [2.24, 2.45) is 5.73 Å². The molecule has 4 N–H and O–H groups in total. The molecule has 1 aromatic heterocycles. The van der Waals surface area contributed by atoms with Crippen molar-refractivity contribution in [3.63, 3.8) is 0 Å². The minimum absolute atomic E-state index is 0. The SMILES string of the molecule is CCC(CC)(CN)NC(=O)C(C)NC(=O)c1ccc(Br)s1.Cl. The Labute approximate surface area is 150 Å². The first-order chi connectivity index (χ1) is 9.87. The van der Waals surface area contributed by atoms with Gasteiger partial charge in [-0.25, -0.2) is 0 Å². The van der Waals surface area contributed by atoms with Crippen LogP contribution < -0.4 is 16.4 Å². The zero-order valence-corrected chi connectivity index (χ0v) is 16.2. The zero-order valence-electron chi connectivity index (χ0n) is 12.9. The Morgan fingerprint density at radius 1 is 1.36 bits per heavy atom. The molecule has 1 aromatic rings. The first-order valence-corrected chi connectivity index (χ1v) is 8.56. The first kappa shape index (κ1) is 21.4. The van der Waals surface area contributed by atoms with Gasteiger partial charge in [0.05, 0.1) is 14.2 Å². The summed E-state index contributed by atoms with van der Waals surface area (Å²) in [6, 6.07) is 2.91. The number of nitrogens with one attached hydrogen (secondary N) is 2. The third-order valence-corrected chi connectivity index (χ3v) is 5.29. The maximum atomic E-state index is 12.2. The van der Waals surface area contributed by atoms with Crippen molar-refractivity contribution in [1.82, 2.24) is 10.6 Å². The van der Waals surface area contributed by atoms with Crippen molar-refractivity contribution in [3.8, 4) is 0 Å². The predicted octanol–water partition coefficient (Wildman–Crippen LogP) is 2.68. The second-order valence-corrected chi connectivity index (χ2v) is 7.44. The molecule has 2 amide bonds. The van der Waals surface area contributed by atoms with Gasteiger partial charge in [0, 0.05) is 6.54 Å². The number of amides is 2. The molecule has 0 aliphatic heterocycles. The lowest BCUT2D eigenvalue weighted by Gasteiger charge is -2.32. The summed E-state index contributed by atoms with van der Waals surface area (Å²) >= 11 is 4.64. The fraction of sp³-hybridized carbons (Fsp3) is 0.571. The van der Waals surface area contributed by atoms with Crippen LogP contribution in [-0.2, 0) is 4.79 Å². The van der Waals surface area contributed by atoms with E-state index in [1.807, 2.05) is 13.8 Å². The first-order valence-electron chi connectivity index (χ1n) is 6.95. The number of thiophene rings is 1. The third-order valence-electron chi connectivity index (χ3n) is 3.67. The van der Waals surface area contributed by atoms with Crippen LogP contribution in [0, 0.1) is 0 Å². The smallest absolute Gasteiger partial charge is 0.262 e. The highest BCUT2D eigenvalue weighted by Gasteiger charge is 2.29. The van der Waals surface area contributed by atoms with Crippen molar-refractivity contribution in [2.45, 2.75) is 45.2 Å². The standard InChI is InChI=1S/C14H22BrN3O2S.ClH/c1-4-14(5-2,8-16)18-12(19)9(3)17-13(20)10-6-7-11(15)21-10;/h6-7,9H,4-5,8,16H2,1-3H3,(H,17,20)(H,18,19);1H. The van der Waals surface area contributed by atoms with Crippen LogP contribution >= 0.6 is 39.7 Å². The largest absolute Gasteiger partial charge is 0.348 e. The number of rotatable bonds is 7. The van der Waals surface area contributed by atoms with Gasteiger partial charge in [-0.3, -0.25) is 9.59 Å². The van der Waals surface area contributed by atoms with E-state index in [-0.39, 0.29) is 24.2 Å². The molecular formula is C14H23BrClN3O2S. The average molecular weight is 413 g/mol. The summed E-state index contributed by atoms with van der Waals surface area (Å²) in [7, 11) is 0. The molecule has 0 saturated heterocycles. The van der Waals surface area contributed by atoms with E-state index in [0.29, 0.717) is 11.4 Å². The van der Waals surface area contributed by atoms with E-state index in [4.69, 9.17) is 5.73 Å². The van der Waals surface area contributed by atoms with Gasteiger partial charge in [-0.15, -0.1) is 23.7 Å².